The van der Waals surface area contributed by atoms with Crippen molar-refractivity contribution in [1.29, 1.82) is 0 Å². The third kappa shape index (κ3) is 1.72. The minimum Gasteiger partial charge on any atom is -0.380 e. The minimum atomic E-state index is 0.338. The predicted molar refractivity (Wildman–Crippen MR) is 52.7 cm³/mol. The van der Waals surface area contributed by atoms with Gasteiger partial charge in [0.2, 0.25) is 0 Å². The second-order valence-electron chi connectivity index (χ2n) is 3.70. The Balaban J connectivity index is 2.12. The normalized spacial score (nSPS) is 18.8. The van der Waals surface area contributed by atoms with Gasteiger partial charge in [-0.05, 0) is 38.0 Å². The van der Waals surface area contributed by atoms with Gasteiger partial charge in [0.15, 0.2) is 0 Å². The zero-order valence-electron chi connectivity index (χ0n) is 7.10. The Morgan fingerprint density at radius 1 is 1.42 bits per heavy atom. The van der Waals surface area contributed by atoms with Gasteiger partial charge in [0, 0.05) is 16.2 Å². The van der Waals surface area contributed by atoms with Crippen LogP contribution in [-0.2, 0) is 0 Å². The summed E-state index contributed by atoms with van der Waals surface area (Å²) in [6.07, 6.45) is 2.53. The molecule has 1 aromatic carbocycles. The molecule has 1 N–H and O–H groups in total. The van der Waals surface area contributed by atoms with E-state index in [0.717, 1.165) is 10.7 Å². The summed E-state index contributed by atoms with van der Waals surface area (Å²) in [4.78, 5) is 0. The lowest BCUT2D eigenvalue weighted by Crippen LogP contribution is -2.15. The van der Waals surface area contributed by atoms with Crippen LogP contribution < -0.4 is 5.32 Å². The molecule has 0 heterocycles. The smallest absolute Gasteiger partial charge is 0.0426 e. The molecule has 0 amide bonds. The maximum atomic E-state index is 5.85. The van der Waals surface area contributed by atoms with Crippen molar-refractivity contribution < 1.29 is 0 Å². The zero-order chi connectivity index (χ0) is 8.60. The Morgan fingerprint density at radius 3 is 2.75 bits per heavy atom. The van der Waals surface area contributed by atoms with Gasteiger partial charge in [-0.15, -0.1) is 0 Å². The summed E-state index contributed by atoms with van der Waals surface area (Å²) in [5.41, 5.74) is 1.47. The lowest BCUT2D eigenvalue weighted by Gasteiger charge is -2.12. The molecule has 2 rings (SSSR count). The van der Waals surface area contributed by atoms with Crippen molar-refractivity contribution in [3.05, 3.63) is 29.3 Å². The van der Waals surface area contributed by atoms with Crippen molar-refractivity contribution in [1.82, 2.24) is 0 Å². The Morgan fingerprint density at radius 2 is 2.17 bits per heavy atom. The van der Waals surface area contributed by atoms with E-state index < -0.39 is 0 Å². The predicted octanol–water partition coefficient (Wildman–Crippen LogP) is 3.30. The quantitative estimate of drug-likeness (QED) is 0.738. The number of benzene rings is 1. The van der Waals surface area contributed by atoms with Gasteiger partial charge < -0.3 is 5.32 Å². The van der Waals surface area contributed by atoms with E-state index in [-0.39, 0.29) is 0 Å². The van der Waals surface area contributed by atoms with Crippen molar-refractivity contribution in [3.8, 4) is 0 Å². The summed E-state index contributed by atoms with van der Waals surface area (Å²) in [6.45, 7) is 2.23. The molecule has 1 fully saturated rings. The molecular weight excluding hydrogens is 170 g/mol. The van der Waals surface area contributed by atoms with Gasteiger partial charge in [0.25, 0.3) is 0 Å². The van der Waals surface area contributed by atoms with Crippen LogP contribution in [0.25, 0.3) is 0 Å². The van der Waals surface area contributed by atoms with Crippen LogP contribution in [0.4, 0.5) is 5.69 Å². The van der Waals surface area contributed by atoms with E-state index in [0.29, 0.717) is 5.54 Å². The summed E-state index contributed by atoms with van der Waals surface area (Å²) in [7, 11) is 0. The van der Waals surface area contributed by atoms with Crippen LogP contribution in [0.2, 0.25) is 5.02 Å². The highest BCUT2D eigenvalue weighted by Gasteiger charge is 2.36. The molecule has 0 bridgehead atoms. The lowest BCUT2D eigenvalue weighted by atomic mass is 10.2. The van der Waals surface area contributed by atoms with Crippen LogP contribution in [0.5, 0.6) is 0 Å². The summed E-state index contributed by atoms with van der Waals surface area (Å²) in [5.74, 6) is 0. The van der Waals surface area contributed by atoms with Gasteiger partial charge in [-0.3, -0.25) is 0 Å². The first kappa shape index (κ1) is 7.93. The molecule has 2 heteroatoms. The zero-order valence-corrected chi connectivity index (χ0v) is 7.86. The first-order valence-electron chi connectivity index (χ1n) is 4.22. The Kier molecular flexibility index (Phi) is 1.76. The van der Waals surface area contributed by atoms with E-state index in [9.17, 15) is 0 Å². The SMILES string of the molecule is CC1(Nc2cccc(Cl)c2)CC1. The first-order valence-corrected chi connectivity index (χ1v) is 4.60. The third-order valence-electron chi connectivity index (χ3n) is 2.27. The fraction of sp³-hybridized carbons (Fsp3) is 0.400. The molecule has 1 saturated carbocycles. The monoisotopic (exact) mass is 181 g/mol. The molecule has 64 valence electrons. The lowest BCUT2D eigenvalue weighted by molar-refractivity contribution is 0.829. The largest absolute Gasteiger partial charge is 0.380 e. The molecule has 12 heavy (non-hydrogen) atoms. The molecule has 0 unspecified atom stereocenters. The van der Waals surface area contributed by atoms with E-state index >= 15 is 0 Å². The Hall–Kier alpha value is -0.690. The van der Waals surface area contributed by atoms with Gasteiger partial charge in [0.05, 0.1) is 0 Å². The second kappa shape index (κ2) is 2.67. The topological polar surface area (TPSA) is 12.0 Å². The van der Waals surface area contributed by atoms with Crippen LogP contribution >= 0.6 is 11.6 Å². The van der Waals surface area contributed by atoms with Crippen molar-refractivity contribution in [2.45, 2.75) is 25.3 Å². The number of hydrogen-bond donors (Lipinski definition) is 1. The van der Waals surface area contributed by atoms with E-state index in [4.69, 9.17) is 11.6 Å². The second-order valence-corrected chi connectivity index (χ2v) is 4.13. The summed E-state index contributed by atoms with van der Waals surface area (Å²) in [6, 6.07) is 7.87. The molecule has 0 radical (unpaired) electrons. The van der Waals surface area contributed by atoms with E-state index in [1.165, 1.54) is 12.8 Å². The number of halogens is 1. The third-order valence-corrected chi connectivity index (χ3v) is 2.51. The van der Waals surface area contributed by atoms with Crippen LogP contribution in [0.15, 0.2) is 24.3 Å². The number of rotatable bonds is 2. The van der Waals surface area contributed by atoms with Gasteiger partial charge in [-0.25, -0.2) is 0 Å². The molecule has 0 atom stereocenters. The summed E-state index contributed by atoms with van der Waals surface area (Å²) in [5, 5.41) is 4.24. The average Bonchev–Trinajstić information content (AvgIpc) is 2.67. The number of hydrogen-bond acceptors (Lipinski definition) is 1. The standard InChI is InChI=1S/C10H12ClN/c1-10(5-6-10)12-9-4-2-3-8(11)7-9/h2-4,7,12H,5-6H2,1H3. The highest BCUT2D eigenvalue weighted by molar-refractivity contribution is 6.30. The van der Waals surface area contributed by atoms with Gasteiger partial charge >= 0.3 is 0 Å². The molecule has 1 aromatic rings. The van der Waals surface area contributed by atoms with Crippen molar-refractivity contribution in [3.63, 3.8) is 0 Å². The fourth-order valence-corrected chi connectivity index (χ4v) is 1.42. The van der Waals surface area contributed by atoms with Crippen molar-refractivity contribution >= 4 is 17.3 Å². The maximum Gasteiger partial charge on any atom is 0.0426 e. The van der Waals surface area contributed by atoms with Gasteiger partial charge in [-0.2, -0.15) is 0 Å². The number of anilines is 1. The molecule has 0 aliphatic heterocycles. The Labute approximate surface area is 77.7 Å². The van der Waals surface area contributed by atoms with Crippen LogP contribution in [0.3, 0.4) is 0 Å². The molecule has 0 saturated heterocycles. The van der Waals surface area contributed by atoms with Crippen LogP contribution in [0.1, 0.15) is 19.8 Å². The molecule has 1 nitrogen and oxygen atoms in total. The van der Waals surface area contributed by atoms with Crippen LogP contribution in [-0.4, -0.2) is 5.54 Å². The highest BCUT2D eigenvalue weighted by atomic mass is 35.5. The number of nitrogens with one attached hydrogen (secondary N) is 1. The van der Waals surface area contributed by atoms with Crippen molar-refractivity contribution in [2.75, 3.05) is 5.32 Å². The maximum absolute atomic E-state index is 5.85. The van der Waals surface area contributed by atoms with Gasteiger partial charge in [-0.1, -0.05) is 17.7 Å². The van der Waals surface area contributed by atoms with Crippen molar-refractivity contribution in [2.24, 2.45) is 0 Å². The first-order chi connectivity index (χ1) is 5.68. The Bertz CT molecular complexity index is 292. The molecule has 0 aromatic heterocycles. The molecular formula is C10H12ClN. The van der Waals surface area contributed by atoms with E-state index in [1.54, 1.807) is 0 Å². The van der Waals surface area contributed by atoms with E-state index in [2.05, 4.69) is 18.3 Å². The van der Waals surface area contributed by atoms with E-state index in [1.807, 2.05) is 18.2 Å². The molecule has 1 aliphatic carbocycles. The average molecular weight is 182 g/mol. The molecule has 1 aliphatic rings. The summed E-state index contributed by atoms with van der Waals surface area (Å²) < 4.78 is 0. The summed E-state index contributed by atoms with van der Waals surface area (Å²) >= 11 is 5.85. The minimum absolute atomic E-state index is 0.338. The molecule has 0 spiro atoms. The van der Waals surface area contributed by atoms with Gasteiger partial charge in [0.1, 0.15) is 0 Å². The van der Waals surface area contributed by atoms with Crippen LogP contribution in [0, 0.1) is 0 Å². The highest BCUT2D eigenvalue weighted by Crippen LogP contribution is 2.38. The fourth-order valence-electron chi connectivity index (χ4n) is 1.23.